The van der Waals surface area contributed by atoms with Crippen LogP contribution in [0.25, 0.3) is 0 Å². The molecule has 0 aliphatic rings. The van der Waals surface area contributed by atoms with Gasteiger partial charge in [0.15, 0.2) is 0 Å². The molecule has 0 heterocycles. The van der Waals surface area contributed by atoms with Crippen molar-refractivity contribution in [3.8, 4) is 11.8 Å². The predicted octanol–water partition coefficient (Wildman–Crippen LogP) is 0.312. The summed E-state index contributed by atoms with van der Waals surface area (Å²) in [6, 6.07) is 11.0. The number of aliphatic hydroxyl groups excluding tert-OH is 1. The van der Waals surface area contributed by atoms with Gasteiger partial charge in [-0.3, -0.25) is 19.6 Å². The van der Waals surface area contributed by atoms with Gasteiger partial charge in [-0.1, -0.05) is 24.0 Å². The molecule has 2 rings (SSSR count). The van der Waals surface area contributed by atoms with E-state index in [1.807, 2.05) is 0 Å². The highest BCUT2D eigenvalue weighted by atomic mass is 16.5. The number of aliphatic carboxylic acids is 1. The van der Waals surface area contributed by atoms with Crippen LogP contribution in [0.15, 0.2) is 48.5 Å². The standard InChI is InChI=1S/C27H32N4O7/c1-17(32)24(26(35)31-38)30-25(34)21-13-11-19(12-14-21)6-5-18-7-9-20(10-8-18)16-23(33)29-22(27(36)37)4-2-3-15-28/h7-14,17,22,24,32,38H,2-4,15-16,28H2,1H3,(H,29,33)(H,30,34)(H,31,35)(H,36,37)/t17-,22-,24+/m1/s1. The van der Waals surface area contributed by atoms with Crippen LogP contribution in [-0.4, -0.2) is 63.8 Å². The van der Waals surface area contributed by atoms with Gasteiger partial charge in [-0.25, -0.2) is 10.3 Å². The van der Waals surface area contributed by atoms with Crippen LogP contribution in [-0.2, 0) is 20.8 Å². The van der Waals surface area contributed by atoms with Gasteiger partial charge in [0.25, 0.3) is 11.8 Å². The van der Waals surface area contributed by atoms with E-state index in [4.69, 9.17) is 10.9 Å². The van der Waals surface area contributed by atoms with Gasteiger partial charge >= 0.3 is 5.97 Å². The zero-order valence-electron chi connectivity index (χ0n) is 20.9. The Bertz CT molecular complexity index is 1170. The summed E-state index contributed by atoms with van der Waals surface area (Å²) in [6.07, 6.45) is 0.446. The molecule has 0 aliphatic heterocycles. The SMILES string of the molecule is C[C@@H](O)[C@H](NC(=O)c1ccc(C#Cc2ccc(CC(=O)N[C@H](CCCCN)C(=O)O)cc2)cc1)C(=O)NO. The molecule has 0 aromatic heterocycles. The zero-order chi connectivity index (χ0) is 28.1. The second-order valence-corrected chi connectivity index (χ2v) is 8.61. The average Bonchev–Trinajstić information content (AvgIpc) is 2.90. The molecule has 0 bridgehead atoms. The number of nitrogens with two attached hydrogens (primary N) is 1. The van der Waals surface area contributed by atoms with Crippen LogP contribution < -0.4 is 21.8 Å². The molecule has 38 heavy (non-hydrogen) atoms. The summed E-state index contributed by atoms with van der Waals surface area (Å²) in [5, 5.41) is 32.6. The molecule has 8 N–H and O–H groups in total. The van der Waals surface area contributed by atoms with Gasteiger partial charge in [0.2, 0.25) is 5.91 Å². The third-order valence-corrected chi connectivity index (χ3v) is 5.56. The largest absolute Gasteiger partial charge is 0.480 e. The van der Waals surface area contributed by atoms with E-state index in [-0.39, 0.29) is 17.9 Å². The van der Waals surface area contributed by atoms with Crippen molar-refractivity contribution in [3.05, 3.63) is 70.8 Å². The molecule has 0 aliphatic carbocycles. The highest BCUT2D eigenvalue weighted by Gasteiger charge is 2.25. The molecule has 0 saturated heterocycles. The van der Waals surface area contributed by atoms with Crippen LogP contribution in [0.4, 0.5) is 0 Å². The lowest BCUT2D eigenvalue weighted by Gasteiger charge is -2.19. The van der Waals surface area contributed by atoms with E-state index in [9.17, 15) is 29.4 Å². The predicted molar refractivity (Wildman–Crippen MR) is 138 cm³/mol. The van der Waals surface area contributed by atoms with Crippen LogP contribution in [0, 0.1) is 11.8 Å². The average molecular weight is 525 g/mol. The van der Waals surface area contributed by atoms with Crippen LogP contribution in [0.2, 0.25) is 0 Å². The molecule has 0 saturated carbocycles. The zero-order valence-corrected chi connectivity index (χ0v) is 20.9. The summed E-state index contributed by atoms with van der Waals surface area (Å²) in [5.41, 5.74) is 9.09. The van der Waals surface area contributed by atoms with Gasteiger partial charge in [-0.2, -0.15) is 0 Å². The molecular formula is C27H32N4O7. The molecule has 0 spiro atoms. The van der Waals surface area contributed by atoms with Crippen molar-refractivity contribution in [1.82, 2.24) is 16.1 Å². The summed E-state index contributed by atoms with van der Waals surface area (Å²) in [4.78, 5) is 47.6. The first-order chi connectivity index (χ1) is 18.1. The molecule has 2 aromatic carbocycles. The second kappa shape index (κ2) is 15.1. The van der Waals surface area contributed by atoms with E-state index in [1.165, 1.54) is 24.5 Å². The van der Waals surface area contributed by atoms with Crippen LogP contribution >= 0.6 is 0 Å². The number of hydrogen-bond donors (Lipinski definition) is 7. The quantitative estimate of drug-likeness (QED) is 0.0893. The first kappa shape index (κ1) is 30.0. The Kier molecular flexibility index (Phi) is 11.9. The summed E-state index contributed by atoms with van der Waals surface area (Å²) in [7, 11) is 0. The molecule has 2 aromatic rings. The van der Waals surface area contributed by atoms with Crippen molar-refractivity contribution in [2.45, 2.75) is 50.8 Å². The molecule has 3 amide bonds. The van der Waals surface area contributed by atoms with E-state index in [0.29, 0.717) is 42.5 Å². The van der Waals surface area contributed by atoms with Gasteiger partial charge < -0.3 is 26.6 Å². The molecule has 0 unspecified atom stereocenters. The minimum Gasteiger partial charge on any atom is -0.480 e. The molecule has 11 nitrogen and oxygen atoms in total. The fourth-order valence-electron chi connectivity index (χ4n) is 3.44. The molecule has 11 heteroatoms. The van der Waals surface area contributed by atoms with Gasteiger partial charge in [-0.15, -0.1) is 0 Å². The van der Waals surface area contributed by atoms with Crippen molar-refractivity contribution in [3.63, 3.8) is 0 Å². The topological polar surface area (TPSA) is 191 Å². The molecular weight excluding hydrogens is 492 g/mol. The van der Waals surface area contributed by atoms with E-state index in [0.717, 1.165) is 0 Å². The maximum atomic E-state index is 12.3. The Morgan fingerprint density at radius 1 is 0.921 bits per heavy atom. The first-order valence-corrected chi connectivity index (χ1v) is 12.0. The molecule has 0 fully saturated rings. The number of aliphatic hydroxyl groups is 1. The number of hydrogen-bond acceptors (Lipinski definition) is 7. The number of hydroxylamine groups is 1. The first-order valence-electron chi connectivity index (χ1n) is 12.0. The lowest BCUT2D eigenvalue weighted by Crippen LogP contribution is -2.51. The highest BCUT2D eigenvalue weighted by molar-refractivity contribution is 5.97. The Balaban J connectivity index is 1.95. The lowest BCUT2D eigenvalue weighted by molar-refractivity contribution is -0.142. The van der Waals surface area contributed by atoms with Gasteiger partial charge in [0.1, 0.15) is 12.1 Å². The summed E-state index contributed by atoms with van der Waals surface area (Å²) in [6.45, 7) is 1.78. The van der Waals surface area contributed by atoms with Crippen LogP contribution in [0.1, 0.15) is 53.2 Å². The smallest absolute Gasteiger partial charge is 0.326 e. The lowest BCUT2D eigenvalue weighted by atomic mass is 10.1. The number of amides is 3. The van der Waals surface area contributed by atoms with Crippen molar-refractivity contribution in [2.75, 3.05) is 6.54 Å². The number of nitrogens with one attached hydrogen (secondary N) is 3. The van der Waals surface area contributed by atoms with Crippen molar-refractivity contribution in [1.29, 1.82) is 0 Å². The van der Waals surface area contributed by atoms with E-state index >= 15 is 0 Å². The molecule has 202 valence electrons. The Labute approximate surface area is 220 Å². The summed E-state index contributed by atoms with van der Waals surface area (Å²) in [5.74, 6) is 2.94. The maximum Gasteiger partial charge on any atom is 0.326 e. The van der Waals surface area contributed by atoms with Crippen molar-refractivity contribution in [2.24, 2.45) is 5.73 Å². The third-order valence-electron chi connectivity index (χ3n) is 5.56. The fraction of sp³-hybridized carbons (Fsp3) is 0.333. The highest BCUT2D eigenvalue weighted by Crippen LogP contribution is 2.08. The number of carboxylic acids is 1. The summed E-state index contributed by atoms with van der Waals surface area (Å²) >= 11 is 0. The minimum atomic E-state index is -1.32. The number of carboxylic acid groups (broad SMARTS) is 1. The fourth-order valence-corrected chi connectivity index (χ4v) is 3.44. The number of carbonyl (C=O) groups is 4. The normalized spacial score (nSPS) is 12.7. The Hall–Kier alpha value is -4.24. The van der Waals surface area contributed by atoms with Gasteiger partial charge in [-0.05, 0) is 74.7 Å². The molecule has 3 atom stereocenters. The number of benzene rings is 2. The molecule has 0 radical (unpaired) electrons. The van der Waals surface area contributed by atoms with E-state index in [2.05, 4.69) is 22.5 Å². The number of rotatable bonds is 12. The Morgan fingerprint density at radius 2 is 1.50 bits per heavy atom. The third kappa shape index (κ3) is 9.67. The van der Waals surface area contributed by atoms with Crippen molar-refractivity contribution >= 4 is 23.7 Å². The Morgan fingerprint density at radius 3 is 2.00 bits per heavy atom. The minimum absolute atomic E-state index is 0.0355. The number of unbranched alkanes of at least 4 members (excludes halogenated alkanes) is 1. The van der Waals surface area contributed by atoms with Crippen LogP contribution in [0.3, 0.4) is 0 Å². The van der Waals surface area contributed by atoms with Gasteiger partial charge in [0.05, 0.1) is 12.5 Å². The summed E-state index contributed by atoms with van der Waals surface area (Å²) < 4.78 is 0. The van der Waals surface area contributed by atoms with Crippen molar-refractivity contribution < 1.29 is 34.6 Å². The number of carbonyl (C=O) groups excluding carboxylic acids is 3. The van der Waals surface area contributed by atoms with E-state index < -0.39 is 36.0 Å². The van der Waals surface area contributed by atoms with Crippen LogP contribution in [0.5, 0.6) is 0 Å². The monoisotopic (exact) mass is 524 g/mol. The van der Waals surface area contributed by atoms with Gasteiger partial charge in [0, 0.05) is 16.7 Å². The maximum absolute atomic E-state index is 12.3. The second-order valence-electron chi connectivity index (χ2n) is 8.61. The van der Waals surface area contributed by atoms with E-state index in [1.54, 1.807) is 36.4 Å².